The van der Waals surface area contributed by atoms with Crippen LogP contribution in [0.5, 0.6) is 0 Å². The zero-order valence-corrected chi connectivity index (χ0v) is 11.9. The van der Waals surface area contributed by atoms with Crippen molar-refractivity contribution < 1.29 is 4.79 Å². The van der Waals surface area contributed by atoms with Crippen LogP contribution in [-0.2, 0) is 0 Å². The molecule has 0 radical (unpaired) electrons. The molecule has 0 unspecified atom stereocenters. The molecule has 98 valence electrons. The molecule has 1 amide bonds. The Morgan fingerprint density at radius 2 is 1.68 bits per heavy atom. The van der Waals surface area contributed by atoms with Crippen molar-refractivity contribution in [3.8, 4) is 0 Å². The maximum absolute atomic E-state index is 12.1. The van der Waals surface area contributed by atoms with Gasteiger partial charge in [0.2, 0.25) is 0 Å². The monoisotopic (exact) mass is 293 g/mol. The molecule has 0 aliphatic rings. The highest BCUT2D eigenvalue weighted by Crippen LogP contribution is 2.19. The number of rotatable bonds is 3. The molecule has 0 saturated carbocycles. The van der Waals surface area contributed by atoms with Crippen molar-refractivity contribution in [1.29, 1.82) is 0 Å². The molecule has 2 aromatic carbocycles. The second-order valence-corrected chi connectivity index (χ2v) is 5.07. The van der Waals surface area contributed by atoms with Crippen LogP contribution in [0, 0.1) is 0 Å². The van der Waals surface area contributed by atoms with Gasteiger partial charge in [-0.05, 0) is 36.8 Å². The van der Waals surface area contributed by atoms with Crippen LogP contribution < -0.4 is 5.32 Å². The average Bonchev–Trinajstić information content (AvgIpc) is 2.39. The molecular weight excluding hydrogens is 281 g/mol. The molecular formula is C15H13Cl2NO. The Morgan fingerprint density at radius 1 is 1.05 bits per heavy atom. The summed E-state index contributed by atoms with van der Waals surface area (Å²) in [4.78, 5) is 12.1. The zero-order chi connectivity index (χ0) is 13.8. The number of carbonyl (C=O) groups excluding carboxylic acids is 1. The molecule has 0 aliphatic carbocycles. The van der Waals surface area contributed by atoms with Crippen molar-refractivity contribution in [1.82, 2.24) is 5.32 Å². The molecule has 2 aromatic rings. The Morgan fingerprint density at radius 3 is 2.32 bits per heavy atom. The predicted molar refractivity (Wildman–Crippen MR) is 78.8 cm³/mol. The van der Waals surface area contributed by atoms with E-state index in [0.29, 0.717) is 15.6 Å². The first-order valence-corrected chi connectivity index (χ1v) is 6.64. The number of hydrogen-bond acceptors (Lipinski definition) is 1. The van der Waals surface area contributed by atoms with Gasteiger partial charge >= 0.3 is 0 Å². The van der Waals surface area contributed by atoms with E-state index in [1.807, 2.05) is 19.1 Å². The highest BCUT2D eigenvalue weighted by atomic mass is 35.5. The zero-order valence-electron chi connectivity index (χ0n) is 10.4. The van der Waals surface area contributed by atoms with Gasteiger partial charge < -0.3 is 5.32 Å². The number of nitrogens with one attached hydrogen (secondary N) is 1. The van der Waals surface area contributed by atoms with Gasteiger partial charge in [0.05, 0.1) is 16.6 Å². The third kappa shape index (κ3) is 3.49. The van der Waals surface area contributed by atoms with Gasteiger partial charge in [0.25, 0.3) is 5.91 Å². The van der Waals surface area contributed by atoms with Crippen LogP contribution in [-0.4, -0.2) is 5.91 Å². The number of halogens is 2. The summed E-state index contributed by atoms with van der Waals surface area (Å²) in [7, 11) is 0. The van der Waals surface area contributed by atoms with Crippen LogP contribution in [0.3, 0.4) is 0 Å². The largest absolute Gasteiger partial charge is 0.345 e. The Balaban J connectivity index is 2.11. The van der Waals surface area contributed by atoms with Gasteiger partial charge in [-0.3, -0.25) is 4.79 Å². The van der Waals surface area contributed by atoms with E-state index < -0.39 is 0 Å². The Kier molecular flexibility index (Phi) is 4.46. The van der Waals surface area contributed by atoms with E-state index in [-0.39, 0.29) is 11.9 Å². The second kappa shape index (κ2) is 6.09. The molecule has 2 rings (SSSR count). The van der Waals surface area contributed by atoms with E-state index >= 15 is 0 Å². The van der Waals surface area contributed by atoms with Crippen molar-refractivity contribution in [3.63, 3.8) is 0 Å². The van der Waals surface area contributed by atoms with Gasteiger partial charge in [0.15, 0.2) is 0 Å². The number of carbonyl (C=O) groups is 1. The molecule has 1 atom stereocenters. The summed E-state index contributed by atoms with van der Waals surface area (Å²) in [5, 5.41) is 4.03. The van der Waals surface area contributed by atoms with Crippen molar-refractivity contribution in [2.45, 2.75) is 13.0 Å². The van der Waals surface area contributed by atoms with Gasteiger partial charge in [-0.25, -0.2) is 0 Å². The minimum Gasteiger partial charge on any atom is -0.345 e. The highest BCUT2D eigenvalue weighted by molar-refractivity contribution is 6.33. The smallest absolute Gasteiger partial charge is 0.253 e. The third-order valence-electron chi connectivity index (χ3n) is 2.84. The van der Waals surface area contributed by atoms with Gasteiger partial charge in [-0.1, -0.05) is 47.5 Å². The first-order valence-electron chi connectivity index (χ1n) is 5.89. The van der Waals surface area contributed by atoms with Crippen molar-refractivity contribution in [3.05, 3.63) is 69.7 Å². The van der Waals surface area contributed by atoms with Gasteiger partial charge in [0, 0.05) is 5.02 Å². The van der Waals surface area contributed by atoms with Crippen molar-refractivity contribution in [2.75, 3.05) is 0 Å². The molecule has 0 saturated heterocycles. The van der Waals surface area contributed by atoms with Gasteiger partial charge in [0.1, 0.15) is 0 Å². The maximum atomic E-state index is 12.1. The number of amides is 1. The lowest BCUT2D eigenvalue weighted by Crippen LogP contribution is -2.26. The van der Waals surface area contributed by atoms with Crippen LogP contribution in [0.1, 0.15) is 28.9 Å². The van der Waals surface area contributed by atoms with Crippen LogP contribution >= 0.6 is 23.2 Å². The van der Waals surface area contributed by atoms with E-state index in [1.54, 1.807) is 36.4 Å². The molecule has 0 spiro atoms. The summed E-state index contributed by atoms with van der Waals surface area (Å²) in [6.45, 7) is 1.91. The predicted octanol–water partition coefficient (Wildman–Crippen LogP) is 4.48. The molecule has 0 aromatic heterocycles. The lowest BCUT2D eigenvalue weighted by atomic mass is 10.1. The van der Waals surface area contributed by atoms with Crippen LogP contribution in [0.15, 0.2) is 48.5 Å². The highest BCUT2D eigenvalue weighted by Gasteiger charge is 2.13. The first-order chi connectivity index (χ1) is 9.08. The Bertz CT molecular complexity index is 581. The van der Waals surface area contributed by atoms with E-state index in [4.69, 9.17) is 23.2 Å². The SMILES string of the molecule is C[C@@H](NC(=O)c1ccccc1Cl)c1ccc(Cl)cc1. The molecule has 0 bridgehead atoms. The quantitative estimate of drug-likeness (QED) is 0.888. The lowest BCUT2D eigenvalue weighted by Gasteiger charge is -2.15. The molecule has 0 aliphatic heterocycles. The first kappa shape index (κ1) is 13.9. The lowest BCUT2D eigenvalue weighted by molar-refractivity contribution is 0.0940. The summed E-state index contributed by atoms with van der Waals surface area (Å²) < 4.78 is 0. The summed E-state index contributed by atoms with van der Waals surface area (Å²) >= 11 is 11.8. The number of hydrogen-bond donors (Lipinski definition) is 1. The Hall–Kier alpha value is -1.51. The second-order valence-electron chi connectivity index (χ2n) is 4.23. The summed E-state index contributed by atoms with van der Waals surface area (Å²) in [6, 6.07) is 14.2. The molecule has 4 heteroatoms. The van der Waals surface area contributed by atoms with E-state index in [1.165, 1.54) is 0 Å². The van der Waals surface area contributed by atoms with E-state index in [0.717, 1.165) is 5.56 Å². The van der Waals surface area contributed by atoms with Gasteiger partial charge in [-0.2, -0.15) is 0 Å². The fraction of sp³-hybridized carbons (Fsp3) is 0.133. The number of benzene rings is 2. The third-order valence-corrected chi connectivity index (χ3v) is 3.42. The fourth-order valence-corrected chi connectivity index (χ4v) is 2.10. The Labute approximate surface area is 122 Å². The van der Waals surface area contributed by atoms with Gasteiger partial charge in [-0.15, -0.1) is 0 Å². The van der Waals surface area contributed by atoms with E-state index in [9.17, 15) is 4.79 Å². The molecule has 0 fully saturated rings. The molecule has 1 N–H and O–H groups in total. The fourth-order valence-electron chi connectivity index (χ4n) is 1.75. The minimum atomic E-state index is -0.187. The summed E-state index contributed by atoms with van der Waals surface area (Å²) in [5.74, 6) is -0.187. The van der Waals surface area contributed by atoms with Crippen LogP contribution in [0.4, 0.5) is 0 Å². The minimum absolute atomic E-state index is 0.110. The normalized spacial score (nSPS) is 11.9. The van der Waals surface area contributed by atoms with E-state index in [2.05, 4.69) is 5.32 Å². The van der Waals surface area contributed by atoms with Crippen LogP contribution in [0.2, 0.25) is 10.0 Å². The topological polar surface area (TPSA) is 29.1 Å². The average molecular weight is 294 g/mol. The van der Waals surface area contributed by atoms with Crippen molar-refractivity contribution in [2.24, 2.45) is 0 Å². The molecule has 0 heterocycles. The summed E-state index contributed by atoms with van der Waals surface area (Å²) in [5.41, 5.74) is 1.47. The standard InChI is InChI=1S/C15H13Cl2NO/c1-10(11-6-8-12(16)9-7-11)18-15(19)13-4-2-3-5-14(13)17/h2-10H,1H3,(H,18,19)/t10-/m1/s1. The molecule has 2 nitrogen and oxygen atoms in total. The maximum Gasteiger partial charge on any atom is 0.253 e. The summed E-state index contributed by atoms with van der Waals surface area (Å²) in [6.07, 6.45) is 0. The molecule has 19 heavy (non-hydrogen) atoms. The van der Waals surface area contributed by atoms with Crippen LogP contribution in [0.25, 0.3) is 0 Å². The van der Waals surface area contributed by atoms with Crippen molar-refractivity contribution >= 4 is 29.1 Å².